The maximum absolute atomic E-state index is 12.6. The third-order valence-corrected chi connectivity index (χ3v) is 10.4. The number of hydrogen-bond acceptors (Lipinski definition) is 5. The van der Waals surface area contributed by atoms with Gasteiger partial charge in [-0.05, 0) is 19.3 Å². The summed E-state index contributed by atoms with van der Waals surface area (Å²) in [6.07, 6.45) is 38.3. The molecule has 3 atom stereocenters. The van der Waals surface area contributed by atoms with Gasteiger partial charge in [0.25, 0.3) is 10.1 Å². The van der Waals surface area contributed by atoms with Gasteiger partial charge in [0.05, 0.1) is 17.9 Å². The predicted octanol–water partition coefficient (Wildman–Crippen LogP) is 10.8. The van der Waals surface area contributed by atoms with Crippen LogP contribution in [0.15, 0.2) is 12.2 Å². The molecule has 7 nitrogen and oxygen atoms in total. The van der Waals surface area contributed by atoms with Crippen LogP contribution in [0.5, 0.6) is 0 Å². The van der Waals surface area contributed by atoms with Crippen molar-refractivity contribution in [3.05, 3.63) is 12.2 Å². The second-order valence-electron chi connectivity index (χ2n) is 14.4. The lowest BCUT2D eigenvalue weighted by molar-refractivity contribution is -0.130. The summed E-state index contributed by atoms with van der Waals surface area (Å²) in [5.41, 5.74) is 0. The Morgan fingerprint density at radius 2 is 0.896 bits per heavy atom. The van der Waals surface area contributed by atoms with Crippen LogP contribution >= 0.6 is 0 Å². The first-order chi connectivity index (χ1) is 23.2. The number of allylic oxidation sites excluding steroid dienone is 1. The lowest BCUT2D eigenvalue weighted by Gasteiger charge is -2.22. The minimum atomic E-state index is -4.43. The van der Waals surface area contributed by atoms with E-state index < -0.39 is 40.0 Å². The Balaban J connectivity index is 4.03. The predicted molar refractivity (Wildman–Crippen MR) is 204 cm³/mol. The van der Waals surface area contributed by atoms with E-state index in [1.54, 1.807) is 6.08 Å². The summed E-state index contributed by atoms with van der Waals surface area (Å²) in [6.45, 7) is 4.51. The summed E-state index contributed by atoms with van der Waals surface area (Å²) in [5, 5.41) is 23.4. The number of aliphatic hydroxyl groups is 2. The van der Waals surface area contributed by atoms with Gasteiger partial charge in [0.2, 0.25) is 5.91 Å². The molecule has 0 aromatic carbocycles. The van der Waals surface area contributed by atoms with Gasteiger partial charge in [-0.1, -0.05) is 206 Å². The zero-order valence-electron chi connectivity index (χ0n) is 31.5. The minimum absolute atomic E-state index is 0.285. The molecule has 8 heteroatoms. The molecular weight excluding hydrogens is 623 g/mol. The highest BCUT2D eigenvalue weighted by Gasteiger charge is 2.27. The van der Waals surface area contributed by atoms with Crippen molar-refractivity contribution in [1.29, 1.82) is 0 Å². The summed E-state index contributed by atoms with van der Waals surface area (Å²) in [6, 6.07) is -1.23. The molecule has 0 spiro atoms. The van der Waals surface area contributed by atoms with E-state index in [1.165, 1.54) is 154 Å². The Morgan fingerprint density at radius 3 is 1.25 bits per heavy atom. The Morgan fingerprint density at radius 1 is 0.562 bits per heavy atom. The van der Waals surface area contributed by atoms with Crippen molar-refractivity contribution in [1.82, 2.24) is 5.32 Å². The van der Waals surface area contributed by atoms with Crippen LogP contribution in [0.3, 0.4) is 0 Å². The summed E-state index contributed by atoms with van der Waals surface area (Å²) in [5.74, 6) is -1.53. The molecule has 0 aliphatic heterocycles. The third-order valence-electron chi connectivity index (χ3n) is 9.57. The maximum Gasteiger partial charge on any atom is 0.267 e. The number of carbonyl (C=O) groups excluding carboxylic acids is 1. The summed E-state index contributed by atoms with van der Waals surface area (Å²) < 4.78 is 32.5. The highest BCUT2D eigenvalue weighted by Crippen LogP contribution is 2.16. The van der Waals surface area contributed by atoms with E-state index in [4.69, 9.17) is 0 Å². The van der Waals surface area contributed by atoms with Crippen LogP contribution in [0.1, 0.15) is 213 Å². The fourth-order valence-electron chi connectivity index (χ4n) is 6.40. The van der Waals surface area contributed by atoms with Gasteiger partial charge >= 0.3 is 0 Å². The molecule has 48 heavy (non-hydrogen) atoms. The Bertz CT molecular complexity index is 834. The van der Waals surface area contributed by atoms with Crippen LogP contribution in [-0.2, 0) is 14.9 Å². The average Bonchev–Trinajstić information content (AvgIpc) is 3.05. The summed E-state index contributed by atoms with van der Waals surface area (Å²) >= 11 is 0. The molecule has 0 bridgehead atoms. The highest BCUT2D eigenvalue weighted by molar-refractivity contribution is 7.85. The molecule has 0 aliphatic rings. The molecule has 0 heterocycles. The molecular formula is C40H79NO6S. The Labute approximate surface area is 297 Å². The second-order valence-corrected chi connectivity index (χ2v) is 15.9. The average molecular weight is 702 g/mol. The number of nitrogens with one attached hydrogen (secondary N) is 1. The van der Waals surface area contributed by atoms with Gasteiger partial charge in [0.1, 0.15) is 6.10 Å². The van der Waals surface area contributed by atoms with Crippen LogP contribution in [0.4, 0.5) is 0 Å². The first-order valence-electron chi connectivity index (χ1n) is 20.5. The van der Waals surface area contributed by atoms with Crippen LogP contribution in [-0.4, -0.2) is 53.1 Å². The van der Waals surface area contributed by atoms with Crippen molar-refractivity contribution < 1.29 is 28.0 Å². The number of amides is 1. The zero-order valence-corrected chi connectivity index (χ0v) is 32.3. The van der Waals surface area contributed by atoms with Gasteiger partial charge in [0, 0.05) is 0 Å². The Kier molecular flexibility index (Phi) is 33.8. The molecule has 3 unspecified atom stereocenters. The van der Waals surface area contributed by atoms with E-state index >= 15 is 0 Å². The maximum atomic E-state index is 12.6. The largest absolute Gasteiger partial charge is 0.387 e. The van der Waals surface area contributed by atoms with E-state index in [-0.39, 0.29) is 6.42 Å². The van der Waals surface area contributed by atoms with E-state index in [1.807, 2.05) is 0 Å². The molecule has 4 N–H and O–H groups in total. The van der Waals surface area contributed by atoms with Crippen molar-refractivity contribution in [3.63, 3.8) is 0 Å². The molecule has 0 aromatic rings. The van der Waals surface area contributed by atoms with Crippen molar-refractivity contribution in [2.24, 2.45) is 0 Å². The van der Waals surface area contributed by atoms with Gasteiger partial charge in [0.15, 0.2) is 0 Å². The molecule has 0 radical (unpaired) electrons. The van der Waals surface area contributed by atoms with E-state index in [0.29, 0.717) is 6.42 Å². The quantitative estimate of drug-likeness (QED) is 0.0290. The standard InChI is InChI=1S/C40H79NO6S/c1-3-5-7-9-11-13-15-17-19-20-21-23-24-26-28-30-32-34-38(42)37(36-48(45,46)47)41-40(44)39(43)35-33-31-29-27-25-22-18-16-14-12-10-8-6-4-2/h32,34,37-39,42-43H,3-31,33,35-36H2,1-2H3,(H,41,44)(H,45,46,47)/b34-32+. The SMILES string of the molecule is CCCCCCCCCCCCCCCCC/C=C/C(O)C(CS(=O)(=O)O)NC(=O)C(O)CCCCCCCCCCCCCCCC. The van der Waals surface area contributed by atoms with Crippen LogP contribution in [0.25, 0.3) is 0 Å². The number of carbonyl (C=O) groups is 1. The fourth-order valence-corrected chi connectivity index (χ4v) is 7.13. The Hall–Kier alpha value is -0.960. The molecule has 1 amide bonds. The molecule has 0 saturated carbocycles. The lowest BCUT2D eigenvalue weighted by atomic mass is 10.0. The van der Waals surface area contributed by atoms with Crippen molar-refractivity contribution in [2.45, 2.75) is 231 Å². The normalized spacial score (nSPS) is 14.0. The van der Waals surface area contributed by atoms with Gasteiger partial charge in [-0.2, -0.15) is 8.42 Å². The van der Waals surface area contributed by atoms with Crippen molar-refractivity contribution in [2.75, 3.05) is 5.75 Å². The smallest absolute Gasteiger partial charge is 0.267 e. The lowest BCUT2D eigenvalue weighted by Crippen LogP contribution is -2.50. The summed E-state index contributed by atoms with van der Waals surface area (Å²) in [7, 11) is -4.43. The molecule has 286 valence electrons. The first kappa shape index (κ1) is 47.0. The van der Waals surface area contributed by atoms with E-state index in [9.17, 15) is 28.0 Å². The van der Waals surface area contributed by atoms with Crippen molar-refractivity contribution >= 4 is 16.0 Å². The van der Waals surface area contributed by atoms with Gasteiger partial charge in [-0.15, -0.1) is 0 Å². The van der Waals surface area contributed by atoms with Crippen LogP contribution in [0.2, 0.25) is 0 Å². The van der Waals surface area contributed by atoms with Gasteiger partial charge < -0.3 is 15.5 Å². The molecule has 0 saturated heterocycles. The third kappa shape index (κ3) is 33.5. The highest BCUT2D eigenvalue weighted by atomic mass is 32.2. The van der Waals surface area contributed by atoms with Gasteiger partial charge in [-0.25, -0.2) is 0 Å². The molecule has 0 aliphatic carbocycles. The monoisotopic (exact) mass is 702 g/mol. The molecule has 0 fully saturated rings. The first-order valence-corrected chi connectivity index (χ1v) is 22.1. The zero-order chi connectivity index (χ0) is 35.6. The van der Waals surface area contributed by atoms with Crippen molar-refractivity contribution in [3.8, 4) is 0 Å². The number of hydrogen-bond donors (Lipinski definition) is 4. The number of aliphatic hydroxyl groups excluding tert-OH is 2. The minimum Gasteiger partial charge on any atom is -0.387 e. The molecule has 0 rings (SSSR count). The second kappa shape index (κ2) is 34.5. The van der Waals surface area contributed by atoms with Gasteiger partial charge in [-0.3, -0.25) is 9.35 Å². The van der Waals surface area contributed by atoms with Crippen LogP contribution < -0.4 is 5.32 Å². The fraction of sp³-hybridized carbons (Fsp3) is 0.925. The topological polar surface area (TPSA) is 124 Å². The van der Waals surface area contributed by atoms with Crippen LogP contribution in [0, 0.1) is 0 Å². The summed E-state index contributed by atoms with van der Waals surface area (Å²) in [4.78, 5) is 12.6. The number of unbranched alkanes of at least 4 members (excludes halogenated alkanes) is 28. The number of rotatable bonds is 37. The molecule has 0 aromatic heterocycles. The van der Waals surface area contributed by atoms with E-state index in [2.05, 4.69) is 19.2 Å². The van der Waals surface area contributed by atoms with E-state index in [0.717, 1.165) is 38.5 Å².